The molecule has 0 aliphatic rings. The maximum Gasteiger partial charge on any atom is 0.323 e. The zero-order valence-electron chi connectivity index (χ0n) is 15.4. The number of para-hydroxylation sites is 1. The molecule has 4 aromatic rings. The number of hydrogen-bond acceptors (Lipinski definition) is 5. The summed E-state index contributed by atoms with van der Waals surface area (Å²) in [5, 5.41) is 22.2. The van der Waals surface area contributed by atoms with Crippen LogP contribution in [-0.4, -0.2) is 33.6 Å². The van der Waals surface area contributed by atoms with E-state index in [0.717, 1.165) is 4.90 Å². The van der Waals surface area contributed by atoms with Crippen molar-refractivity contribution in [2.45, 2.75) is 0 Å². The molecule has 0 aliphatic carbocycles. The van der Waals surface area contributed by atoms with Crippen molar-refractivity contribution < 1.29 is 24.2 Å². The van der Waals surface area contributed by atoms with Gasteiger partial charge < -0.3 is 10.2 Å². The Morgan fingerprint density at radius 2 is 1.73 bits per heavy atom. The lowest BCUT2D eigenvalue weighted by atomic mass is 10.1. The first-order valence-corrected chi connectivity index (χ1v) is 9.78. The van der Waals surface area contributed by atoms with Gasteiger partial charge in [-0.25, -0.2) is 9.37 Å². The number of nitrogens with zero attached hydrogens (tertiary/aromatic N) is 2. The number of hydrogen-bond donors (Lipinski definition) is 2. The Morgan fingerprint density at radius 1 is 1.03 bits per heavy atom. The molecule has 2 N–H and O–H groups in total. The number of pyridine rings is 1. The van der Waals surface area contributed by atoms with Crippen molar-refractivity contribution in [3.8, 4) is 17.0 Å². The van der Waals surface area contributed by atoms with Crippen LogP contribution in [0.25, 0.3) is 21.3 Å². The van der Waals surface area contributed by atoms with Gasteiger partial charge in [0, 0.05) is 16.6 Å². The highest BCUT2D eigenvalue weighted by Crippen LogP contribution is 2.38. The normalized spacial score (nSPS) is 10.8. The fourth-order valence-electron chi connectivity index (χ4n) is 3.13. The second kappa shape index (κ2) is 7.92. The van der Waals surface area contributed by atoms with Crippen LogP contribution in [0.3, 0.4) is 0 Å². The number of aromatic nitrogens is 1. The van der Waals surface area contributed by atoms with E-state index in [1.807, 2.05) is 0 Å². The molecule has 0 fully saturated rings. The Bertz CT molecular complexity index is 1240. The van der Waals surface area contributed by atoms with Crippen LogP contribution in [0.15, 0.2) is 66.0 Å². The lowest BCUT2D eigenvalue weighted by molar-refractivity contribution is -0.135. The van der Waals surface area contributed by atoms with Gasteiger partial charge in [-0.15, -0.1) is 11.3 Å². The van der Waals surface area contributed by atoms with Gasteiger partial charge in [-0.3, -0.25) is 14.5 Å². The van der Waals surface area contributed by atoms with E-state index >= 15 is 0 Å². The van der Waals surface area contributed by atoms with Crippen LogP contribution in [0.5, 0.6) is 5.75 Å². The zero-order chi connectivity index (χ0) is 21.3. The van der Waals surface area contributed by atoms with E-state index in [2.05, 4.69) is 4.98 Å². The Balaban J connectivity index is 1.89. The molecule has 2 heterocycles. The molecule has 0 bridgehead atoms. The molecule has 4 rings (SSSR count). The Hall–Kier alpha value is -3.78. The molecular formula is C22H15FN2O4S. The summed E-state index contributed by atoms with van der Waals surface area (Å²) in [6, 6.07) is 15.6. The average molecular weight is 422 g/mol. The number of rotatable bonds is 5. The molecular weight excluding hydrogens is 407 g/mol. The molecule has 150 valence electrons. The minimum atomic E-state index is -1.21. The van der Waals surface area contributed by atoms with Crippen molar-refractivity contribution in [3.63, 3.8) is 0 Å². The summed E-state index contributed by atoms with van der Waals surface area (Å²) in [6.45, 7) is -0.600. The van der Waals surface area contributed by atoms with E-state index in [0.29, 0.717) is 27.0 Å². The number of carboxylic acids is 1. The minimum absolute atomic E-state index is 0.273. The lowest BCUT2D eigenvalue weighted by Gasteiger charge is -2.21. The van der Waals surface area contributed by atoms with E-state index in [9.17, 15) is 24.2 Å². The van der Waals surface area contributed by atoms with Gasteiger partial charge in [0.15, 0.2) is 11.4 Å². The number of carboxylic acid groups (broad SMARTS) is 1. The number of aromatic hydroxyl groups is 1. The Morgan fingerprint density at radius 3 is 2.40 bits per heavy atom. The first kappa shape index (κ1) is 19.5. The van der Waals surface area contributed by atoms with Crippen molar-refractivity contribution in [2.24, 2.45) is 0 Å². The number of carbonyl (C=O) groups is 2. The van der Waals surface area contributed by atoms with Crippen molar-refractivity contribution in [1.82, 2.24) is 4.98 Å². The van der Waals surface area contributed by atoms with Gasteiger partial charge in [-0.2, -0.15) is 0 Å². The first-order valence-electron chi connectivity index (χ1n) is 8.90. The molecule has 0 saturated carbocycles. The molecule has 30 heavy (non-hydrogen) atoms. The summed E-state index contributed by atoms with van der Waals surface area (Å²) in [6.07, 6.45) is 0. The smallest absolute Gasteiger partial charge is 0.323 e. The molecule has 6 nitrogen and oxygen atoms in total. The fourth-order valence-corrected chi connectivity index (χ4v) is 4.03. The lowest BCUT2D eigenvalue weighted by Crippen LogP contribution is -2.36. The summed E-state index contributed by atoms with van der Waals surface area (Å²) in [4.78, 5) is 30.1. The van der Waals surface area contributed by atoms with Gasteiger partial charge in [0.1, 0.15) is 12.4 Å². The van der Waals surface area contributed by atoms with Gasteiger partial charge in [0.05, 0.1) is 10.4 Å². The van der Waals surface area contributed by atoms with Gasteiger partial charge in [-0.05, 0) is 47.8 Å². The number of anilines is 1. The summed E-state index contributed by atoms with van der Waals surface area (Å²) in [5.41, 5.74) is 1.07. The van der Waals surface area contributed by atoms with Crippen LogP contribution < -0.4 is 4.90 Å². The molecule has 0 radical (unpaired) electrons. The van der Waals surface area contributed by atoms with Crippen LogP contribution >= 0.6 is 11.3 Å². The standard InChI is InChI=1S/C22H15FN2O4S/c23-14-8-6-13(7-9-14)18-21-16(10-11-30-21)20(28)19(24-18)22(29)25(12-17(26)27)15-4-2-1-3-5-15/h1-11,28H,12H2,(H,26,27). The third kappa shape index (κ3) is 3.60. The highest BCUT2D eigenvalue weighted by atomic mass is 32.1. The fraction of sp³-hybridized carbons (Fsp3) is 0.0455. The SMILES string of the molecule is O=C(O)CN(C(=O)c1nc(-c2ccc(F)cc2)c2sccc2c1O)c1ccccc1. The number of fused-ring (bicyclic) bond motifs is 1. The number of halogens is 1. The molecule has 0 atom stereocenters. The van der Waals surface area contributed by atoms with Crippen LogP contribution in [0.4, 0.5) is 10.1 Å². The highest BCUT2D eigenvalue weighted by molar-refractivity contribution is 7.17. The van der Waals surface area contributed by atoms with E-state index in [1.54, 1.807) is 41.8 Å². The molecule has 1 amide bonds. The van der Waals surface area contributed by atoms with E-state index in [1.165, 1.54) is 35.6 Å². The largest absolute Gasteiger partial charge is 0.505 e. The van der Waals surface area contributed by atoms with Crippen molar-refractivity contribution in [2.75, 3.05) is 11.4 Å². The number of thiophene rings is 1. The van der Waals surface area contributed by atoms with Crippen molar-refractivity contribution in [1.29, 1.82) is 0 Å². The Labute approximate surface area is 174 Å². The molecule has 8 heteroatoms. The van der Waals surface area contributed by atoms with Crippen molar-refractivity contribution in [3.05, 3.63) is 77.6 Å². The monoisotopic (exact) mass is 422 g/mol. The second-order valence-corrected chi connectivity index (χ2v) is 7.36. The molecule has 0 aliphatic heterocycles. The van der Waals surface area contributed by atoms with E-state index in [-0.39, 0.29) is 11.4 Å². The quantitative estimate of drug-likeness (QED) is 0.493. The van der Waals surface area contributed by atoms with Gasteiger partial charge in [0.25, 0.3) is 5.91 Å². The average Bonchev–Trinajstić information content (AvgIpc) is 3.24. The number of benzene rings is 2. The minimum Gasteiger partial charge on any atom is -0.505 e. The van der Waals surface area contributed by atoms with E-state index in [4.69, 9.17) is 0 Å². The molecule has 0 spiro atoms. The number of carbonyl (C=O) groups excluding carboxylic acids is 1. The highest BCUT2D eigenvalue weighted by Gasteiger charge is 2.27. The topological polar surface area (TPSA) is 90.7 Å². The summed E-state index contributed by atoms with van der Waals surface area (Å²) in [5.74, 6) is -2.69. The van der Waals surface area contributed by atoms with Crippen LogP contribution in [0.2, 0.25) is 0 Å². The van der Waals surface area contributed by atoms with E-state index < -0.39 is 24.2 Å². The van der Waals surface area contributed by atoms with Gasteiger partial charge in [0.2, 0.25) is 0 Å². The summed E-state index contributed by atoms with van der Waals surface area (Å²) >= 11 is 1.33. The maximum absolute atomic E-state index is 13.4. The molecule has 2 aromatic heterocycles. The van der Waals surface area contributed by atoms with Crippen LogP contribution in [-0.2, 0) is 4.79 Å². The van der Waals surface area contributed by atoms with Crippen molar-refractivity contribution >= 4 is 39.0 Å². The molecule has 2 aromatic carbocycles. The summed E-state index contributed by atoms with van der Waals surface area (Å²) in [7, 11) is 0. The third-order valence-corrected chi connectivity index (χ3v) is 5.43. The predicted octanol–water partition coefficient (Wildman–Crippen LogP) is 4.54. The maximum atomic E-state index is 13.4. The Kier molecular flexibility index (Phi) is 5.16. The van der Waals surface area contributed by atoms with Gasteiger partial charge >= 0.3 is 5.97 Å². The zero-order valence-corrected chi connectivity index (χ0v) is 16.3. The van der Waals surface area contributed by atoms with Crippen LogP contribution in [0.1, 0.15) is 10.5 Å². The molecule has 0 unspecified atom stereocenters. The summed E-state index contributed by atoms with van der Waals surface area (Å²) < 4.78 is 14.0. The number of amides is 1. The predicted molar refractivity (Wildman–Crippen MR) is 112 cm³/mol. The third-order valence-electron chi connectivity index (χ3n) is 4.51. The first-order chi connectivity index (χ1) is 14.5. The van der Waals surface area contributed by atoms with Gasteiger partial charge in [-0.1, -0.05) is 18.2 Å². The molecule has 0 saturated heterocycles. The van der Waals surface area contributed by atoms with Crippen LogP contribution in [0, 0.1) is 5.82 Å². The number of aliphatic carboxylic acids is 1. The second-order valence-electron chi connectivity index (χ2n) is 6.45.